The van der Waals surface area contributed by atoms with Crippen LogP contribution in [0.2, 0.25) is 0 Å². The van der Waals surface area contributed by atoms with Gasteiger partial charge in [0, 0.05) is 32.7 Å². The molecule has 1 atom stereocenters. The lowest BCUT2D eigenvalue weighted by molar-refractivity contribution is 0.197. The Morgan fingerprint density at radius 1 is 1.24 bits per heavy atom. The zero-order valence-corrected chi connectivity index (χ0v) is 12.9. The van der Waals surface area contributed by atoms with Crippen LogP contribution in [-0.4, -0.2) is 36.9 Å². The van der Waals surface area contributed by atoms with Crippen LogP contribution < -0.4 is 10.1 Å². The van der Waals surface area contributed by atoms with Crippen LogP contribution in [0.15, 0.2) is 36.7 Å². The van der Waals surface area contributed by atoms with Crippen LogP contribution in [0, 0.1) is 0 Å². The summed E-state index contributed by atoms with van der Waals surface area (Å²) in [4.78, 5) is 4.38. The van der Waals surface area contributed by atoms with Crippen LogP contribution in [0.3, 0.4) is 0 Å². The molecular weight excluding hydrogens is 266 g/mol. The quantitative estimate of drug-likeness (QED) is 0.759. The number of hydrogen-bond donors (Lipinski definition) is 1. The highest BCUT2D eigenvalue weighted by Crippen LogP contribution is 2.23. The van der Waals surface area contributed by atoms with Crippen molar-refractivity contribution in [2.75, 3.05) is 32.7 Å². The monoisotopic (exact) mass is 289 g/mol. The van der Waals surface area contributed by atoms with E-state index in [4.69, 9.17) is 9.47 Å². The van der Waals surface area contributed by atoms with E-state index in [-0.39, 0.29) is 6.04 Å². The third kappa shape index (κ3) is 3.98. The Kier molecular flexibility index (Phi) is 5.63. The van der Waals surface area contributed by atoms with E-state index in [0.717, 1.165) is 31.3 Å². The average molecular weight is 289 g/mol. The highest BCUT2D eigenvalue weighted by molar-refractivity contribution is 5.33. The van der Waals surface area contributed by atoms with Gasteiger partial charge in [-0.15, -0.1) is 0 Å². The van der Waals surface area contributed by atoms with Gasteiger partial charge in [0.2, 0.25) is 5.95 Å². The third-order valence-electron chi connectivity index (χ3n) is 3.49. The van der Waals surface area contributed by atoms with E-state index in [1.807, 2.05) is 24.5 Å². The van der Waals surface area contributed by atoms with E-state index in [1.54, 1.807) is 14.2 Å². The first-order chi connectivity index (χ1) is 10.3. The second kappa shape index (κ2) is 7.69. The lowest BCUT2D eigenvalue weighted by Gasteiger charge is -2.17. The number of nitrogens with zero attached hydrogens (tertiary/aromatic N) is 2. The number of aromatic nitrogens is 2. The maximum Gasteiger partial charge on any atom is 0.203 e. The molecule has 0 aliphatic rings. The van der Waals surface area contributed by atoms with Crippen LogP contribution in [0.5, 0.6) is 5.75 Å². The van der Waals surface area contributed by atoms with Gasteiger partial charge in [-0.2, -0.15) is 0 Å². The van der Waals surface area contributed by atoms with E-state index in [9.17, 15) is 0 Å². The molecule has 0 amide bonds. The normalized spacial score (nSPS) is 12.1. The number of rotatable bonds is 8. The lowest BCUT2D eigenvalue weighted by atomic mass is 10.1. The molecule has 0 aliphatic carbocycles. The predicted octanol–water partition coefficient (Wildman–Crippen LogP) is 2.95. The Balaban J connectivity index is 2.04. The summed E-state index contributed by atoms with van der Waals surface area (Å²) < 4.78 is 12.4. The molecule has 5 nitrogen and oxygen atoms in total. The molecule has 21 heavy (non-hydrogen) atoms. The number of ether oxygens (including phenoxy) is 2. The highest BCUT2D eigenvalue weighted by Gasteiger charge is 2.11. The van der Waals surface area contributed by atoms with Crippen molar-refractivity contribution in [2.24, 2.45) is 0 Å². The van der Waals surface area contributed by atoms with Crippen LogP contribution in [-0.2, 0) is 4.74 Å². The fraction of sp³-hybridized carbons (Fsp3) is 0.438. The molecule has 0 radical (unpaired) electrons. The molecule has 2 rings (SSSR count). The van der Waals surface area contributed by atoms with Gasteiger partial charge in [0.15, 0.2) is 0 Å². The minimum Gasteiger partial charge on any atom is -0.497 e. The average Bonchev–Trinajstić information content (AvgIpc) is 2.99. The topological polar surface area (TPSA) is 48.3 Å². The molecule has 0 bridgehead atoms. The molecule has 1 heterocycles. The van der Waals surface area contributed by atoms with Crippen molar-refractivity contribution in [3.05, 3.63) is 42.2 Å². The molecule has 2 aromatic rings. The lowest BCUT2D eigenvalue weighted by Crippen LogP contribution is -2.13. The van der Waals surface area contributed by atoms with Crippen LogP contribution in [0.1, 0.15) is 24.9 Å². The molecule has 1 N–H and O–H groups in total. The maximum atomic E-state index is 5.20. The van der Waals surface area contributed by atoms with Crippen molar-refractivity contribution in [3.8, 4) is 5.75 Å². The van der Waals surface area contributed by atoms with Crippen molar-refractivity contribution < 1.29 is 9.47 Å². The summed E-state index contributed by atoms with van der Waals surface area (Å²) in [7, 11) is 3.39. The van der Waals surface area contributed by atoms with Crippen molar-refractivity contribution in [1.29, 1.82) is 0 Å². The summed E-state index contributed by atoms with van der Waals surface area (Å²) >= 11 is 0. The zero-order chi connectivity index (χ0) is 15.1. The number of nitrogens with one attached hydrogen (secondary N) is 1. The second-order valence-electron chi connectivity index (χ2n) is 4.88. The molecule has 1 unspecified atom stereocenters. The van der Waals surface area contributed by atoms with E-state index >= 15 is 0 Å². The van der Waals surface area contributed by atoms with Crippen molar-refractivity contribution in [3.63, 3.8) is 0 Å². The molecular formula is C16H23N3O2. The SMILES string of the molecule is COCCCNc1nccn1C(C)c1ccc(OC)cc1. The van der Waals surface area contributed by atoms with Gasteiger partial charge < -0.3 is 19.4 Å². The molecule has 1 aromatic carbocycles. The van der Waals surface area contributed by atoms with Gasteiger partial charge in [0.25, 0.3) is 0 Å². The number of anilines is 1. The Morgan fingerprint density at radius 3 is 2.67 bits per heavy atom. The third-order valence-corrected chi connectivity index (χ3v) is 3.49. The Bertz CT molecular complexity index is 537. The van der Waals surface area contributed by atoms with E-state index < -0.39 is 0 Å². The first-order valence-electron chi connectivity index (χ1n) is 7.16. The van der Waals surface area contributed by atoms with Crippen molar-refractivity contribution >= 4 is 5.95 Å². The van der Waals surface area contributed by atoms with Crippen LogP contribution in [0.4, 0.5) is 5.95 Å². The molecule has 0 saturated heterocycles. The minimum absolute atomic E-state index is 0.211. The largest absolute Gasteiger partial charge is 0.497 e. The summed E-state index contributed by atoms with van der Waals surface area (Å²) in [5, 5.41) is 3.35. The first kappa shape index (κ1) is 15.4. The highest BCUT2D eigenvalue weighted by atomic mass is 16.5. The van der Waals surface area contributed by atoms with E-state index in [1.165, 1.54) is 5.56 Å². The van der Waals surface area contributed by atoms with Crippen LogP contribution in [0.25, 0.3) is 0 Å². The van der Waals surface area contributed by atoms with E-state index in [2.05, 4.69) is 33.9 Å². The molecule has 1 aromatic heterocycles. The minimum atomic E-state index is 0.211. The molecule has 5 heteroatoms. The second-order valence-corrected chi connectivity index (χ2v) is 4.88. The van der Waals surface area contributed by atoms with Gasteiger partial charge in [-0.05, 0) is 31.0 Å². The summed E-state index contributed by atoms with van der Waals surface area (Å²) in [5.74, 6) is 1.75. The summed E-state index contributed by atoms with van der Waals surface area (Å²) in [6.07, 6.45) is 4.77. The summed E-state index contributed by atoms with van der Waals surface area (Å²) in [6, 6.07) is 8.34. The summed E-state index contributed by atoms with van der Waals surface area (Å²) in [5.41, 5.74) is 1.22. The molecule has 0 saturated carbocycles. The first-order valence-corrected chi connectivity index (χ1v) is 7.16. The summed E-state index contributed by atoms with van der Waals surface area (Å²) in [6.45, 7) is 3.76. The molecule has 0 aliphatic heterocycles. The number of methoxy groups -OCH3 is 2. The molecule has 0 spiro atoms. The van der Waals surface area contributed by atoms with Gasteiger partial charge in [-0.25, -0.2) is 4.98 Å². The Labute approximate surface area is 125 Å². The van der Waals surface area contributed by atoms with Crippen molar-refractivity contribution in [1.82, 2.24) is 9.55 Å². The van der Waals surface area contributed by atoms with Crippen molar-refractivity contribution in [2.45, 2.75) is 19.4 Å². The van der Waals surface area contributed by atoms with Gasteiger partial charge in [-0.3, -0.25) is 0 Å². The standard InChI is InChI=1S/C16H23N3O2/c1-13(14-5-7-15(21-3)8-6-14)19-11-10-18-16(19)17-9-4-12-20-2/h5-8,10-11,13H,4,9,12H2,1-3H3,(H,17,18). The number of benzene rings is 1. The van der Waals surface area contributed by atoms with Gasteiger partial charge in [0.05, 0.1) is 13.2 Å². The number of imidazole rings is 1. The van der Waals surface area contributed by atoms with E-state index in [0.29, 0.717) is 0 Å². The molecule has 114 valence electrons. The number of hydrogen-bond acceptors (Lipinski definition) is 4. The van der Waals surface area contributed by atoms with Gasteiger partial charge in [-0.1, -0.05) is 12.1 Å². The fourth-order valence-corrected chi connectivity index (χ4v) is 2.22. The Hall–Kier alpha value is -2.01. The molecule has 0 fully saturated rings. The predicted molar refractivity (Wildman–Crippen MR) is 84.0 cm³/mol. The maximum absolute atomic E-state index is 5.20. The fourth-order valence-electron chi connectivity index (χ4n) is 2.22. The van der Waals surface area contributed by atoms with Crippen LogP contribution >= 0.6 is 0 Å². The zero-order valence-electron chi connectivity index (χ0n) is 12.9. The Morgan fingerprint density at radius 2 is 2.00 bits per heavy atom. The van der Waals surface area contributed by atoms with Gasteiger partial charge in [0.1, 0.15) is 5.75 Å². The van der Waals surface area contributed by atoms with Gasteiger partial charge >= 0.3 is 0 Å². The smallest absolute Gasteiger partial charge is 0.203 e.